The number of halogens is 3. The molecule has 4 aliphatic rings. The normalized spacial score (nSPS) is 32.0. The maximum atomic E-state index is 14.0. The van der Waals surface area contributed by atoms with Gasteiger partial charge in [-0.15, -0.1) is 23.2 Å². The lowest BCUT2D eigenvalue weighted by Crippen LogP contribution is -2.60. The van der Waals surface area contributed by atoms with Crippen LogP contribution in [0.15, 0.2) is 54.1 Å². The summed E-state index contributed by atoms with van der Waals surface area (Å²) in [5.41, 5.74) is 0.532. The number of carbonyl (C=O) groups is 4. The number of imide groups is 2. The Morgan fingerprint density at radius 3 is 2.50 bits per heavy atom. The molecule has 1 saturated carbocycles. The molecule has 0 aromatic heterocycles. The zero-order valence-electron chi connectivity index (χ0n) is 21.8. The molecule has 2 aliphatic carbocycles. The number of hydrogen-bond acceptors (Lipinski definition) is 8. The Kier molecular flexibility index (Phi) is 6.67. The van der Waals surface area contributed by atoms with E-state index < -0.39 is 62.0 Å². The maximum Gasteiger partial charge on any atom is 0.271 e. The summed E-state index contributed by atoms with van der Waals surface area (Å²) in [4.78, 5) is 63.9. The van der Waals surface area contributed by atoms with Gasteiger partial charge in [0.25, 0.3) is 17.5 Å². The monoisotopic (exact) mass is 677 g/mol. The number of rotatable bonds is 5. The fourth-order valence-corrected chi connectivity index (χ4v) is 8.45. The Balaban J connectivity index is 1.52. The number of methoxy groups -OCH3 is 1. The highest BCUT2D eigenvalue weighted by Gasteiger charge is 2.76. The van der Waals surface area contributed by atoms with E-state index in [0.29, 0.717) is 11.1 Å². The zero-order valence-corrected chi connectivity index (χ0v) is 24.9. The highest BCUT2D eigenvalue weighted by atomic mass is 79.9. The summed E-state index contributed by atoms with van der Waals surface area (Å²) in [6, 6.07) is 9.52. The van der Waals surface area contributed by atoms with E-state index in [1.54, 1.807) is 6.08 Å². The zero-order chi connectivity index (χ0) is 30.3. The number of anilines is 1. The quantitative estimate of drug-likeness (QED) is 0.123. The number of phenols is 1. The number of amides is 4. The van der Waals surface area contributed by atoms with Gasteiger partial charge in [0, 0.05) is 29.7 Å². The van der Waals surface area contributed by atoms with Crippen molar-refractivity contribution >= 4 is 74.1 Å². The van der Waals surface area contributed by atoms with E-state index in [0.717, 1.165) is 15.9 Å². The Morgan fingerprint density at radius 1 is 1.10 bits per heavy atom. The van der Waals surface area contributed by atoms with Crippen LogP contribution in [0, 0.1) is 27.9 Å². The number of ether oxygens (including phenoxy) is 1. The van der Waals surface area contributed by atoms with E-state index in [4.69, 9.17) is 27.9 Å². The molecule has 0 radical (unpaired) electrons. The van der Waals surface area contributed by atoms with Gasteiger partial charge in [-0.2, -0.15) is 0 Å². The second-order valence-electron chi connectivity index (χ2n) is 10.7. The first-order valence-electron chi connectivity index (χ1n) is 12.9. The van der Waals surface area contributed by atoms with Crippen molar-refractivity contribution < 1.29 is 33.9 Å². The highest BCUT2D eigenvalue weighted by molar-refractivity contribution is 9.09. The standard InChI is InChI=1S/C28H22BrCl2N3O8/c1-42-20-10-15(35)5-6-17(20)22-16-7-8-18-21(19(16)11-27(30)25(38)32(12-29)26(39)28(22,27)31)24(37)33(23(18)36)13-3-2-4-14(9-13)34(40)41/h2-7,9-10,18-19,21-22,35H,8,11-12H2,1H3/t18-,19+,21-,22+,27+,28-/m0/s1. The van der Waals surface area contributed by atoms with Gasteiger partial charge in [0.1, 0.15) is 11.5 Å². The number of allylic oxidation sites excluding steroid dienone is 2. The van der Waals surface area contributed by atoms with Crippen LogP contribution >= 0.6 is 39.1 Å². The number of non-ortho nitro benzene ring substituents is 1. The van der Waals surface area contributed by atoms with Gasteiger partial charge in [-0.3, -0.25) is 34.2 Å². The fourth-order valence-electron chi connectivity index (χ4n) is 7.04. The molecule has 2 aromatic rings. The van der Waals surface area contributed by atoms with Crippen LogP contribution < -0.4 is 9.64 Å². The van der Waals surface area contributed by atoms with E-state index in [1.165, 1.54) is 43.5 Å². The van der Waals surface area contributed by atoms with Crippen molar-refractivity contribution in [2.45, 2.75) is 28.5 Å². The van der Waals surface area contributed by atoms with Gasteiger partial charge in [-0.25, -0.2) is 4.90 Å². The van der Waals surface area contributed by atoms with Crippen molar-refractivity contribution in [3.8, 4) is 11.5 Å². The minimum absolute atomic E-state index is 0.0626. The summed E-state index contributed by atoms with van der Waals surface area (Å²) in [5.74, 6) is -6.15. The second-order valence-corrected chi connectivity index (χ2v) is 12.4. The molecular formula is C28H22BrCl2N3O8. The first-order valence-corrected chi connectivity index (χ1v) is 14.8. The van der Waals surface area contributed by atoms with Crippen LogP contribution in [-0.4, -0.2) is 60.9 Å². The molecule has 0 spiro atoms. The number of nitro groups is 1. The van der Waals surface area contributed by atoms with Gasteiger partial charge in [-0.05, 0) is 30.9 Å². The molecule has 2 saturated heterocycles. The predicted molar refractivity (Wildman–Crippen MR) is 154 cm³/mol. The third kappa shape index (κ3) is 3.64. The number of fused-ring (bicyclic) bond motifs is 4. The van der Waals surface area contributed by atoms with Crippen LogP contribution in [-0.2, 0) is 19.2 Å². The van der Waals surface area contributed by atoms with Crippen molar-refractivity contribution in [1.82, 2.24) is 4.90 Å². The molecular weight excluding hydrogens is 657 g/mol. The third-order valence-corrected chi connectivity index (χ3v) is 10.8. The number of carbonyl (C=O) groups excluding carboxylic acids is 4. The molecule has 6 atom stereocenters. The number of nitrogens with zero attached hydrogens (tertiary/aromatic N) is 3. The van der Waals surface area contributed by atoms with E-state index in [9.17, 15) is 34.4 Å². The van der Waals surface area contributed by atoms with E-state index in [2.05, 4.69) is 15.9 Å². The fraction of sp³-hybridized carbons (Fsp3) is 0.357. The van der Waals surface area contributed by atoms with Gasteiger partial charge in [0.15, 0.2) is 9.75 Å². The molecule has 2 heterocycles. The number of benzene rings is 2. The summed E-state index contributed by atoms with van der Waals surface area (Å²) in [6.45, 7) is 0. The Bertz CT molecular complexity index is 1630. The number of nitro benzene ring substituents is 1. The first-order chi connectivity index (χ1) is 19.9. The Hall–Kier alpha value is -3.48. The average molecular weight is 679 g/mol. The molecule has 218 valence electrons. The van der Waals surface area contributed by atoms with Crippen molar-refractivity contribution in [3.05, 3.63) is 69.8 Å². The van der Waals surface area contributed by atoms with Gasteiger partial charge >= 0.3 is 0 Å². The largest absolute Gasteiger partial charge is 0.508 e. The second kappa shape index (κ2) is 9.78. The van der Waals surface area contributed by atoms with Gasteiger partial charge in [0.2, 0.25) is 11.8 Å². The molecule has 3 fully saturated rings. The first kappa shape index (κ1) is 28.6. The van der Waals surface area contributed by atoms with Gasteiger partial charge < -0.3 is 9.84 Å². The molecule has 11 nitrogen and oxygen atoms in total. The predicted octanol–water partition coefficient (Wildman–Crippen LogP) is 4.22. The molecule has 0 bridgehead atoms. The molecule has 1 N–H and O–H groups in total. The van der Waals surface area contributed by atoms with Crippen LogP contribution in [0.25, 0.3) is 0 Å². The number of hydrogen-bond donors (Lipinski definition) is 1. The molecule has 14 heteroatoms. The summed E-state index contributed by atoms with van der Waals surface area (Å²) in [6.07, 6.45) is 1.67. The van der Waals surface area contributed by atoms with Crippen LogP contribution in [0.2, 0.25) is 0 Å². The molecule has 6 rings (SSSR count). The summed E-state index contributed by atoms with van der Waals surface area (Å²) in [7, 11) is 1.38. The maximum absolute atomic E-state index is 14.0. The highest BCUT2D eigenvalue weighted by Crippen LogP contribution is 2.66. The Labute approximate surface area is 257 Å². The van der Waals surface area contributed by atoms with Crippen LogP contribution in [0.3, 0.4) is 0 Å². The number of alkyl halides is 3. The Morgan fingerprint density at radius 2 is 1.83 bits per heavy atom. The number of phenolic OH excluding ortho intramolecular Hbond substituents is 1. The number of likely N-dealkylation sites (tertiary alicyclic amines) is 1. The molecule has 4 amide bonds. The minimum atomic E-state index is -2.02. The lowest BCUT2D eigenvalue weighted by atomic mass is 9.56. The van der Waals surface area contributed by atoms with Crippen LogP contribution in [0.4, 0.5) is 11.4 Å². The van der Waals surface area contributed by atoms with Crippen LogP contribution in [0.5, 0.6) is 11.5 Å². The SMILES string of the molecule is COc1cc(O)ccc1[C@H]1C2=CC[C@@H]3C(=O)N(c4cccc([N+](=O)[O-])c4)C(=O)[C@@H]3[C@@H]2C[C@@]2(Cl)C(=O)N(CBr)C(=O)[C@@]12Cl. The van der Waals surface area contributed by atoms with Crippen molar-refractivity contribution in [2.75, 3.05) is 17.5 Å². The lowest BCUT2D eigenvalue weighted by Gasteiger charge is -2.50. The van der Waals surface area contributed by atoms with Crippen molar-refractivity contribution in [1.29, 1.82) is 0 Å². The molecule has 2 aromatic carbocycles. The smallest absolute Gasteiger partial charge is 0.271 e. The minimum Gasteiger partial charge on any atom is -0.508 e. The van der Waals surface area contributed by atoms with Gasteiger partial charge in [-0.1, -0.05) is 39.7 Å². The molecule has 42 heavy (non-hydrogen) atoms. The average Bonchev–Trinajstić information content (AvgIpc) is 3.31. The van der Waals surface area contributed by atoms with E-state index in [1.807, 2.05) is 0 Å². The third-order valence-electron chi connectivity index (χ3n) is 8.84. The van der Waals surface area contributed by atoms with Gasteiger partial charge in [0.05, 0.1) is 35.0 Å². The van der Waals surface area contributed by atoms with E-state index >= 15 is 0 Å². The lowest BCUT2D eigenvalue weighted by molar-refractivity contribution is -0.384. The van der Waals surface area contributed by atoms with Crippen molar-refractivity contribution in [2.24, 2.45) is 17.8 Å². The van der Waals surface area contributed by atoms with E-state index in [-0.39, 0.29) is 41.2 Å². The molecule has 0 unspecified atom stereocenters. The summed E-state index contributed by atoms with van der Waals surface area (Å²) >= 11 is 17.6. The topological polar surface area (TPSA) is 147 Å². The number of aromatic hydroxyl groups is 1. The van der Waals surface area contributed by atoms with Crippen LogP contribution in [0.1, 0.15) is 24.3 Å². The summed E-state index contributed by atoms with van der Waals surface area (Å²) in [5, 5.41) is 21.5. The summed E-state index contributed by atoms with van der Waals surface area (Å²) < 4.78 is 5.54. The molecule has 2 aliphatic heterocycles. The van der Waals surface area contributed by atoms with Crippen molar-refractivity contribution in [3.63, 3.8) is 0 Å².